The first-order valence-electron chi connectivity index (χ1n) is 10.8. The molecule has 2 aromatic carbocycles. The third-order valence-corrected chi connectivity index (χ3v) is 4.87. The average Bonchev–Trinajstić information content (AvgIpc) is 3.36. The Labute approximate surface area is 165 Å². The summed E-state index contributed by atoms with van der Waals surface area (Å²) in [5.41, 5.74) is 5.15. The molecule has 27 heavy (non-hydrogen) atoms. The minimum absolute atomic E-state index is 0.822. The van der Waals surface area contributed by atoms with Crippen molar-refractivity contribution in [2.75, 3.05) is 0 Å². The normalized spacial score (nSPS) is 17.5. The first-order valence-corrected chi connectivity index (χ1v) is 10.8. The number of para-hydroxylation sites is 2. The Bertz CT molecular complexity index is 785. The molecule has 0 bridgehead atoms. The topological polar surface area (TPSA) is 17.8 Å². The zero-order valence-corrected chi connectivity index (χ0v) is 17.8. The van der Waals surface area contributed by atoms with Crippen molar-refractivity contribution in [1.82, 2.24) is 9.55 Å². The van der Waals surface area contributed by atoms with Gasteiger partial charge in [-0.1, -0.05) is 90.3 Å². The summed E-state index contributed by atoms with van der Waals surface area (Å²) in [6, 6.07) is 17.5. The van der Waals surface area contributed by atoms with Crippen LogP contribution in [0.15, 0.2) is 54.9 Å². The minimum atomic E-state index is 0.822. The second-order valence-corrected chi connectivity index (χ2v) is 7.20. The molecule has 0 amide bonds. The van der Waals surface area contributed by atoms with Crippen molar-refractivity contribution in [1.29, 1.82) is 0 Å². The molecule has 2 atom stereocenters. The molecule has 0 aliphatic heterocycles. The average molecular weight is 365 g/mol. The summed E-state index contributed by atoms with van der Waals surface area (Å²) in [7, 11) is 0. The fourth-order valence-corrected chi connectivity index (χ4v) is 3.55. The van der Waals surface area contributed by atoms with Crippen molar-refractivity contribution in [3.8, 4) is 0 Å². The van der Waals surface area contributed by atoms with E-state index in [2.05, 4.69) is 72.8 Å². The number of hydrogen-bond acceptors (Lipinski definition) is 1. The number of benzene rings is 2. The number of aromatic nitrogens is 2. The van der Waals surface area contributed by atoms with Gasteiger partial charge < -0.3 is 4.57 Å². The zero-order chi connectivity index (χ0) is 19.6. The molecule has 3 aromatic rings. The minimum Gasteiger partial charge on any atom is -0.326 e. The zero-order valence-electron chi connectivity index (χ0n) is 17.8. The van der Waals surface area contributed by atoms with Crippen molar-refractivity contribution in [2.45, 2.75) is 72.8 Å². The fourth-order valence-electron chi connectivity index (χ4n) is 3.55. The van der Waals surface area contributed by atoms with Gasteiger partial charge in [0, 0.05) is 6.54 Å². The monoisotopic (exact) mass is 364 g/mol. The van der Waals surface area contributed by atoms with Gasteiger partial charge in [0.2, 0.25) is 0 Å². The summed E-state index contributed by atoms with van der Waals surface area (Å²) in [6.07, 6.45) is 7.27. The molecule has 0 radical (unpaired) electrons. The SMILES string of the molecule is CC.CCC.CCCC1CC1c1ccc(Cn2cnc3ccccc32)cc1. The van der Waals surface area contributed by atoms with Gasteiger partial charge in [-0.15, -0.1) is 0 Å². The van der Waals surface area contributed by atoms with Crippen molar-refractivity contribution in [2.24, 2.45) is 5.92 Å². The van der Waals surface area contributed by atoms with Crippen LogP contribution < -0.4 is 0 Å². The number of imidazole rings is 1. The first kappa shape index (κ1) is 21.2. The molecule has 2 unspecified atom stereocenters. The van der Waals surface area contributed by atoms with Gasteiger partial charge in [0.1, 0.15) is 0 Å². The van der Waals surface area contributed by atoms with Gasteiger partial charge in [-0.05, 0) is 41.5 Å². The lowest BCUT2D eigenvalue weighted by Gasteiger charge is -2.06. The molecular formula is C25H36N2. The van der Waals surface area contributed by atoms with E-state index >= 15 is 0 Å². The Hall–Kier alpha value is -2.09. The Morgan fingerprint density at radius 2 is 1.63 bits per heavy atom. The lowest BCUT2D eigenvalue weighted by Crippen LogP contribution is -1.98. The van der Waals surface area contributed by atoms with Crippen molar-refractivity contribution >= 4 is 11.0 Å². The molecule has 0 spiro atoms. The van der Waals surface area contributed by atoms with E-state index in [1.807, 2.05) is 26.2 Å². The predicted octanol–water partition coefficient (Wildman–Crippen LogP) is 7.43. The number of fused-ring (bicyclic) bond motifs is 1. The Morgan fingerprint density at radius 3 is 2.30 bits per heavy atom. The Morgan fingerprint density at radius 1 is 0.963 bits per heavy atom. The molecule has 1 aliphatic rings. The lowest BCUT2D eigenvalue weighted by molar-refractivity contribution is 0.686. The van der Waals surface area contributed by atoms with Gasteiger partial charge >= 0.3 is 0 Å². The summed E-state index contributed by atoms with van der Waals surface area (Å²) in [4.78, 5) is 4.46. The van der Waals surface area contributed by atoms with E-state index in [9.17, 15) is 0 Å². The van der Waals surface area contributed by atoms with Crippen LogP contribution in [-0.2, 0) is 6.54 Å². The third-order valence-electron chi connectivity index (χ3n) is 4.87. The summed E-state index contributed by atoms with van der Waals surface area (Å²) in [5, 5.41) is 0. The summed E-state index contributed by atoms with van der Waals surface area (Å²) >= 11 is 0. The number of nitrogens with zero attached hydrogens (tertiary/aromatic N) is 2. The van der Waals surface area contributed by atoms with Gasteiger partial charge in [0.15, 0.2) is 0 Å². The van der Waals surface area contributed by atoms with Crippen LogP contribution in [0.5, 0.6) is 0 Å². The molecule has 0 N–H and O–H groups in total. The Kier molecular flexibility index (Phi) is 8.57. The highest BCUT2D eigenvalue weighted by molar-refractivity contribution is 5.75. The van der Waals surface area contributed by atoms with Crippen LogP contribution in [0.1, 0.15) is 77.3 Å². The molecule has 0 saturated heterocycles. The second-order valence-electron chi connectivity index (χ2n) is 7.20. The third kappa shape index (κ3) is 5.69. The van der Waals surface area contributed by atoms with E-state index in [-0.39, 0.29) is 0 Å². The van der Waals surface area contributed by atoms with Crippen LogP contribution in [0.3, 0.4) is 0 Å². The van der Waals surface area contributed by atoms with E-state index in [0.717, 1.165) is 23.9 Å². The van der Waals surface area contributed by atoms with E-state index < -0.39 is 0 Å². The first-order chi connectivity index (χ1) is 13.3. The molecular weight excluding hydrogens is 328 g/mol. The maximum atomic E-state index is 4.46. The van der Waals surface area contributed by atoms with Crippen molar-refractivity contribution in [3.05, 3.63) is 66.0 Å². The van der Waals surface area contributed by atoms with Gasteiger partial charge in [0.05, 0.1) is 17.4 Å². The fraction of sp³-hybridized carbons (Fsp3) is 0.480. The lowest BCUT2D eigenvalue weighted by atomic mass is 10.1. The van der Waals surface area contributed by atoms with Gasteiger partial charge in [-0.25, -0.2) is 4.98 Å². The molecule has 2 heteroatoms. The molecule has 2 nitrogen and oxygen atoms in total. The number of rotatable bonds is 5. The van der Waals surface area contributed by atoms with E-state index in [1.165, 1.54) is 42.3 Å². The second kappa shape index (κ2) is 10.9. The van der Waals surface area contributed by atoms with Crippen LogP contribution in [0, 0.1) is 5.92 Å². The quantitative estimate of drug-likeness (QED) is 0.460. The van der Waals surface area contributed by atoms with E-state index in [1.54, 1.807) is 0 Å². The maximum Gasteiger partial charge on any atom is 0.0961 e. The summed E-state index contributed by atoms with van der Waals surface area (Å²) in [5.74, 6) is 1.76. The van der Waals surface area contributed by atoms with Crippen LogP contribution in [-0.4, -0.2) is 9.55 Å². The highest BCUT2D eigenvalue weighted by atomic mass is 15.0. The molecule has 1 saturated carbocycles. The summed E-state index contributed by atoms with van der Waals surface area (Å²) in [6.45, 7) is 11.4. The maximum absolute atomic E-state index is 4.46. The highest BCUT2D eigenvalue weighted by Crippen LogP contribution is 2.50. The molecule has 4 rings (SSSR count). The van der Waals surface area contributed by atoms with Crippen molar-refractivity contribution < 1.29 is 0 Å². The molecule has 1 aromatic heterocycles. The molecule has 146 valence electrons. The van der Waals surface area contributed by atoms with Gasteiger partial charge in [-0.2, -0.15) is 0 Å². The van der Waals surface area contributed by atoms with Crippen molar-refractivity contribution in [3.63, 3.8) is 0 Å². The predicted molar refractivity (Wildman–Crippen MR) is 118 cm³/mol. The van der Waals surface area contributed by atoms with Crippen LogP contribution in [0.2, 0.25) is 0 Å². The molecule has 1 fully saturated rings. The van der Waals surface area contributed by atoms with E-state index in [4.69, 9.17) is 0 Å². The smallest absolute Gasteiger partial charge is 0.0961 e. The van der Waals surface area contributed by atoms with E-state index in [0.29, 0.717) is 0 Å². The Balaban J connectivity index is 0.000000478. The molecule has 1 aliphatic carbocycles. The molecule has 1 heterocycles. The summed E-state index contributed by atoms with van der Waals surface area (Å²) < 4.78 is 2.22. The van der Waals surface area contributed by atoms with Gasteiger partial charge in [-0.3, -0.25) is 0 Å². The van der Waals surface area contributed by atoms with Gasteiger partial charge in [0.25, 0.3) is 0 Å². The van der Waals surface area contributed by atoms with Crippen LogP contribution >= 0.6 is 0 Å². The highest BCUT2D eigenvalue weighted by Gasteiger charge is 2.36. The number of hydrogen-bond donors (Lipinski definition) is 0. The van der Waals surface area contributed by atoms with Crippen LogP contribution in [0.4, 0.5) is 0 Å². The van der Waals surface area contributed by atoms with Crippen LogP contribution in [0.25, 0.3) is 11.0 Å². The largest absolute Gasteiger partial charge is 0.326 e. The standard InChI is InChI=1S/C20H22N2.C3H8.C2H6/c1-2-5-17-12-18(17)16-10-8-15(9-11-16)13-22-14-21-19-6-3-4-7-20(19)22;1-3-2;1-2/h3-4,6-11,14,17-18H,2,5,12-13H2,1H3;3H2,1-2H3;1-2H3.